The highest BCUT2D eigenvalue weighted by atomic mass is 16.5. The minimum Gasteiger partial charge on any atom is -0.493 e. The second-order valence-electron chi connectivity index (χ2n) is 7.17. The molecule has 0 saturated carbocycles. The Bertz CT molecular complexity index is 978. The Morgan fingerprint density at radius 3 is 2.55 bits per heavy atom. The van der Waals surface area contributed by atoms with Crippen LogP contribution in [0.2, 0.25) is 0 Å². The van der Waals surface area contributed by atoms with Gasteiger partial charge in [-0.3, -0.25) is 9.59 Å². The number of ether oxygens (including phenoxy) is 2. The van der Waals surface area contributed by atoms with E-state index in [1.807, 2.05) is 17.1 Å². The first-order chi connectivity index (χ1) is 14.1. The van der Waals surface area contributed by atoms with Crippen LogP contribution in [0.15, 0.2) is 47.0 Å². The van der Waals surface area contributed by atoms with Gasteiger partial charge in [-0.25, -0.2) is 9.57 Å². The van der Waals surface area contributed by atoms with Gasteiger partial charge in [-0.1, -0.05) is 0 Å². The van der Waals surface area contributed by atoms with E-state index >= 15 is 0 Å². The summed E-state index contributed by atoms with van der Waals surface area (Å²) >= 11 is 0. The maximum absolute atomic E-state index is 12.9. The Hall–Kier alpha value is -3.22. The van der Waals surface area contributed by atoms with Gasteiger partial charge in [0.15, 0.2) is 30.3 Å². The highest BCUT2D eigenvalue weighted by Crippen LogP contribution is 2.28. The van der Waals surface area contributed by atoms with Crippen molar-refractivity contribution in [3.8, 4) is 11.5 Å². The Kier molecular flexibility index (Phi) is 5.29. The summed E-state index contributed by atoms with van der Waals surface area (Å²) in [5, 5.41) is 0. The molecular weight excluding hydrogens is 370 g/mol. The van der Waals surface area contributed by atoms with Gasteiger partial charge in [0.25, 0.3) is 5.91 Å². The first-order valence-electron chi connectivity index (χ1n) is 9.73. The fraction of sp³-hybridized carbons (Fsp3) is 0.364. The second kappa shape index (κ2) is 8.03. The lowest BCUT2D eigenvalue weighted by molar-refractivity contribution is -0.536. The average molecular weight is 394 g/mol. The number of carbonyl (C=O) groups is 2. The summed E-state index contributed by atoms with van der Waals surface area (Å²) in [6, 6.07) is 5.25. The van der Waals surface area contributed by atoms with Crippen molar-refractivity contribution in [2.24, 2.45) is 4.99 Å². The Balaban J connectivity index is 1.46. The molecule has 0 atom stereocenters. The van der Waals surface area contributed by atoms with Gasteiger partial charge in [0.1, 0.15) is 0 Å². The van der Waals surface area contributed by atoms with Crippen LogP contribution >= 0.6 is 0 Å². The van der Waals surface area contributed by atoms with Crippen molar-refractivity contribution in [1.29, 1.82) is 0 Å². The van der Waals surface area contributed by atoms with Crippen molar-refractivity contribution in [2.45, 2.75) is 12.8 Å². The van der Waals surface area contributed by atoms with E-state index < -0.39 is 0 Å². The van der Waals surface area contributed by atoms with Crippen molar-refractivity contribution < 1.29 is 23.6 Å². The van der Waals surface area contributed by atoms with Gasteiger partial charge in [0.2, 0.25) is 5.91 Å². The number of hydrogen-bond donors (Lipinski definition) is 0. The largest absolute Gasteiger partial charge is 0.493 e. The SMILES string of the molecule is COc1ccc(C(=O)N2CC[N+](=C3C=CC4=NC(=O)CCC4=C3)CC2)cc1OC. The van der Waals surface area contributed by atoms with Crippen molar-refractivity contribution in [2.75, 3.05) is 40.4 Å². The molecular formula is C22H24N3O4+. The third-order valence-corrected chi connectivity index (χ3v) is 5.48. The van der Waals surface area contributed by atoms with Crippen LogP contribution in [0.25, 0.3) is 0 Å². The summed E-state index contributed by atoms with van der Waals surface area (Å²) in [4.78, 5) is 30.3. The predicted octanol–water partition coefficient (Wildman–Crippen LogP) is 1.87. The van der Waals surface area contributed by atoms with E-state index in [1.54, 1.807) is 32.4 Å². The fourth-order valence-corrected chi connectivity index (χ4v) is 3.83. The molecule has 1 saturated heterocycles. The van der Waals surface area contributed by atoms with Crippen molar-refractivity contribution in [3.05, 3.63) is 47.6 Å². The lowest BCUT2D eigenvalue weighted by atomic mass is 9.95. The zero-order valence-electron chi connectivity index (χ0n) is 16.7. The Morgan fingerprint density at radius 2 is 1.83 bits per heavy atom. The summed E-state index contributed by atoms with van der Waals surface area (Å²) in [5.41, 5.74) is 3.61. The van der Waals surface area contributed by atoms with Crippen molar-refractivity contribution >= 4 is 23.2 Å². The minimum atomic E-state index is -0.0486. The van der Waals surface area contributed by atoms with E-state index in [0.29, 0.717) is 36.6 Å². The summed E-state index contributed by atoms with van der Waals surface area (Å²) in [7, 11) is 3.14. The van der Waals surface area contributed by atoms with Crippen LogP contribution in [0.4, 0.5) is 0 Å². The second-order valence-corrected chi connectivity index (χ2v) is 7.17. The van der Waals surface area contributed by atoms with E-state index in [1.165, 1.54) is 0 Å². The number of benzene rings is 1. The molecule has 1 aromatic carbocycles. The highest BCUT2D eigenvalue weighted by molar-refractivity contribution is 6.23. The van der Waals surface area contributed by atoms with Gasteiger partial charge in [0, 0.05) is 24.1 Å². The number of amides is 2. The van der Waals surface area contributed by atoms with Crippen LogP contribution < -0.4 is 9.47 Å². The summed E-state index contributed by atoms with van der Waals surface area (Å²) < 4.78 is 12.8. The molecule has 2 amide bonds. The van der Waals surface area contributed by atoms with Crippen LogP contribution in [0, 0.1) is 0 Å². The Labute approximate surface area is 169 Å². The molecule has 3 aliphatic rings. The number of aliphatic imine (C=N–C) groups is 1. The smallest absolute Gasteiger partial charge is 0.254 e. The number of carbonyl (C=O) groups excluding carboxylic acids is 2. The number of methoxy groups -OCH3 is 2. The van der Waals surface area contributed by atoms with Gasteiger partial charge in [-0.2, -0.15) is 0 Å². The molecule has 0 spiro atoms. The summed E-state index contributed by atoms with van der Waals surface area (Å²) in [6.45, 7) is 2.81. The third-order valence-electron chi connectivity index (χ3n) is 5.48. The van der Waals surface area contributed by atoms with E-state index in [9.17, 15) is 9.59 Å². The first kappa shape index (κ1) is 19.1. The maximum Gasteiger partial charge on any atom is 0.254 e. The number of nitrogens with zero attached hydrogens (tertiary/aromatic N) is 3. The first-order valence-corrected chi connectivity index (χ1v) is 9.73. The number of allylic oxidation sites excluding steroid dienone is 4. The van der Waals surface area contributed by atoms with E-state index in [2.05, 4.69) is 15.6 Å². The normalized spacial score (nSPS) is 18.8. The lowest BCUT2D eigenvalue weighted by Gasteiger charge is -2.26. The van der Waals surface area contributed by atoms with Crippen molar-refractivity contribution in [1.82, 2.24) is 4.90 Å². The van der Waals surface area contributed by atoms with E-state index in [-0.39, 0.29) is 11.8 Å². The molecule has 1 aliphatic carbocycles. The maximum atomic E-state index is 12.9. The van der Waals surface area contributed by atoms with Gasteiger partial charge >= 0.3 is 0 Å². The van der Waals surface area contributed by atoms with Crippen LogP contribution in [-0.4, -0.2) is 73.1 Å². The molecule has 0 radical (unpaired) electrons. The predicted molar refractivity (Wildman–Crippen MR) is 109 cm³/mol. The van der Waals surface area contributed by atoms with E-state index in [0.717, 1.165) is 36.5 Å². The van der Waals surface area contributed by atoms with Crippen LogP contribution in [-0.2, 0) is 4.79 Å². The summed E-state index contributed by atoms with van der Waals surface area (Å²) in [6.07, 6.45) is 7.26. The molecule has 7 nitrogen and oxygen atoms in total. The molecule has 0 bridgehead atoms. The average Bonchev–Trinajstić information content (AvgIpc) is 2.77. The van der Waals surface area contributed by atoms with Crippen LogP contribution in [0.3, 0.4) is 0 Å². The van der Waals surface area contributed by atoms with Crippen LogP contribution in [0.5, 0.6) is 11.5 Å². The Morgan fingerprint density at radius 1 is 1.07 bits per heavy atom. The molecule has 4 rings (SSSR count). The molecule has 0 N–H and O–H groups in total. The molecule has 0 unspecified atom stereocenters. The zero-order chi connectivity index (χ0) is 20.4. The molecule has 0 aromatic heterocycles. The minimum absolute atomic E-state index is 0.00615. The molecule has 7 heteroatoms. The van der Waals surface area contributed by atoms with E-state index in [4.69, 9.17) is 9.47 Å². The van der Waals surface area contributed by atoms with Crippen LogP contribution in [0.1, 0.15) is 23.2 Å². The summed E-state index contributed by atoms with van der Waals surface area (Å²) in [5.74, 6) is 1.10. The molecule has 2 aliphatic heterocycles. The molecule has 29 heavy (non-hydrogen) atoms. The third kappa shape index (κ3) is 3.85. The molecule has 2 heterocycles. The molecule has 1 aromatic rings. The van der Waals surface area contributed by atoms with Gasteiger partial charge in [0.05, 0.1) is 33.0 Å². The number of piperazine rings is 1. The van der Waals surface area contributed by atoms with Gasteiger partial charge in [-0.05, 0) is 36.3 Å². The quantitative estimate of drug-likeness (QED) is 0.580. The molecule has 150 valence electrons. The number of fused-ring (bicyclic) bond motifs is 1. The number of rotatable bonds is 3. The lowest BCUT2D eigenvalue weighted by Crippen LogP contribution is -2.46. The van der Waals surface area contributed by atoms with Gasteiger partial charge < -0.3 is 14.4 Å². The number of hydrogen-bond acceptors (Lipinski definition) is 4. The zero-order valence-corrected chi connectivity index (χ0v) is 16.7. The highest BCUT2D eigenvalue weighted by Gasteiger charge is 2.28. The van der Waals surface area contributed by atoms with Gasteiger partial charge in [-0.15, -0.1) is 0 Å². The van der Waals surface area contributed by atoms with Crippen molar-refractivity contribution in [3.63, 3.8) is 0 Å². The monoisotopic (exact) mass is 394 g/mol. The molecule has 1 fully saturated rings. The fourth-order valence-electron chi connectivity index (χ4n) is 3.83. The topological polar surface area (TPSA) is 71.2 Å². The standard InChI is InChI=1S/C22H24N3O4/c1-28-19-7-3-16(14-20(19)29-2)22(27)25-11-9-24(10-12-25)17-5-6-18-15(13-17)4-8-21(26)23-18/h3,5-7,13-14H,4,8-12H2,1-2H3/q+1.